The quantitative estimate of drug-likeness (QED) is 0.405. The lowest BCUT2D eigenvalue weighted by Gasteiger charge is -2.00. The molecule has 1 amide bonds. The summed E-state index contributed by atoms with van der Waals surface area (Å²) >= 11 is 5.28. The van der Waals surface area contributed by atoms with Gasteiger partial charge in [0.15, 0.2) is 0 Å². The summed E-state index contributed by atoms with van der Waals surface area (Å²) < 4.78 is 0. The molecule has 0 bridgehead atoms. The number of hydrogen-bond acceptors (Lipinski definition) is 2. The van der Waals surface area contributed by atoms with Crippen LogP contribution in [0.1, 0.15) is 6.92 Å². The van der Waals surface area contributed by atoms with Crippen molar-refractivity contribution in [1.29, 1.82) is 0 Å². The van der Waals surface area contributed by atoms with E-state index in [0.717, 1.165) is 0 Å². The molecule has 0 aromatic carbocycles. The molecule has 0 aromatic rings. The normalized spacial score (nSPS) is 12.9. The first-order valence-corrected chi connectivity index (χ1v) is 2.64. The van der Waals surface area contributed by atoms with E-state index in [0.29, 0.717) is 0 Å². The van der Waals surface area contributed by atoms with Crippen LogP contribution in [-0.2, 0) is 4.79 Å². The number of aliphatic hydroxyl groups excluding tert-OH is 1. The highest BCUT2D eigenvalue weighted by Crippen LogP contribution is 1.90. The van der Waals surface area contributed by atoms with Gasteiger partial charge in [-0.15, -0.1) is 11.6 Å². The molecule has 1 atom stereocenters. The SMILES string of the molecule is CC(Cl)C(=O)NCO. The Balaban J connectivity index is 3.33. The summed E-state index contributed by atoms with van der Waals surface area (Å²) in [6.07, 6.45) is 0. The molecular weight excluding hydrogens is 130 g/mol. The van der Waals surface area contributed by atoms with Crippen LogP contribution in [0.5, 0.6) is 0 Å². The zero-order chi connectivity index (χ0) is 6.57. The van der Waals surface area contributed by atoms with Crippen LogP contribution < -0.4 is 5.32 Å². The van der Waals surface area contributed by atoms with Crippen molar-refractivity contribution in [2.24, 2.45) is 0 Å². The maximum atomic E-state index is 10.3. The van der Waals surface area contributed by atoms with Crippen molar-refractivity contribution in [2.75, 3.05) is 6.73 Å². The number of hydrogen-bond donors (Lipinski definition) is 2. The number of rotatable bonds is 2. The van der Waals surface area contributed by atoms with Crippen LogP contribution in [0.25, 0.3) is 0 Å². The van der Waals surface area contributed by atoms with Crippen LogP contribution in [-0.4, -0.2) is 23.1 Å². The number of halogens is 1. The molecule has 0 heterocycles. The van der Waals surface area contributed by atoms with Gasteiger partial charge < -0.3 is 10.4 Å². The van der Waals surface area contributed by atoms with E-state index in [1.165, 1.54) is 6.92 Å². The topological polar surface area (TPSA) is 49.3 Å². The maximum absolute atomic E-state index is 10.3. The Morgan fingerprint density at radius 2 is 2.50 bits per heavy atom. The standard InChI is InChI=1S/C4H8ClNO2/c1-3(5)4(8)6-2-7/h3,7H,2H2,1H3,(H,6,8). The van der Waals surface area contributed by atoms with Gasteiger partial charge in [-0.1, -0.05) is 0 Å². The third-order valence-corrected chi connectivity index (χ3v) is 0.813. The molecule has 3 nitrogen and oxygen atoms in total. The van der Waals surface area contributed by atoms with Gasteiger partial charge in [0.05, 0.1) is 0 Å². The summed E-state index contributed by atoms with van der Waals surface area (Å²) in [7, 11) is 0. The van der Waals surface area contributed by atoms with E-state index in [2.05, 4.69) is 5.32 Å². The van der Waals surface area contributed by atoms with E-state index in [1.54, 1.807) is 0 Å². The van der Waals surface area contributed by atoms with E-state index < -0.39 is 5.38 Å². The molecule has 4 heteroatoms. The van der Waals surface area contributed by atoms with E-state index in [1.807, 2.05) is 0 Å². The highest BCUT2D eigenvalue weighted by molar-refractivity contribution is 6.30. The van der Waals surface area contributed by atoms with Crippen molar-refractivity contribution >= 4 is 17.5 Å². The molecule has 0 aliphatic heterocycles. The number of carbonyl (C=O) groups is 1. The molecule has 0 rings (SSSR count). The van der Waals surface area contributed by atoms with Gasteiger partial charge in [-0.05, 0) is 6.92 Å². The molecule has 1 unspecified atom stereocenters. The number of amides is 1. The van der Waals surface area contributed by atoms with E-state index in [9.17, 15) is 4.79 Å². The fraction of sp³-hybridized carbons (Fsp3) is 0.750. The predicted octanol–water partition coefficient (Wildman–Crippen LogP) is -0.320. The minimum Gasteiger partial charge on any atom is -0.377 e. The van der Waals surface area contributed by atoms with E-state index >= 15 is 0 Å². The summed E-state index contributed by atoms with van der Waals surface area (Å²) in [6.45, 7) is 1.18. The van der Waals surface area contributed by atoms with Crippen LogP contribution in [0.2, 0.25) is 0 Å². The number of carbonyl (C=O) groups excluding carboxylic acids is 1. The Bertz CT molecular complexity index is 84.1. The van der Waals surface area contributed by atoms with Gasteiger partial charge in [0.2, 0.25) is 5.91 Å². The lowest BCUT2D eigenvalue weighted by molar-refractivity contribution is -0.121. The minimum atomic E-state index is -0.567. The maximum Gasteiger partial charge on any atom is 0.239 e. The van der Waals surface area contributed by atoms with E-state index in [4.69, 9.17) is 16.7 Å². The third kappa shape index (κ3) is 2.82. The molecule has 8 heavy (non-hydrogen) atoms. The average Bonchev–Trinajstić information content (AvgIpc) is 1.67. The van der Waals surface area contributed by atoms with Gasteiger partial charge in [0.25, 0.3) is 0 Å². The zero-order valence-electron chi connectivity index (χ0n) is 4.52. The molecule has 0 aliphatic carbocycles. The molecule has 0 saturated heterocycles. The first kappa shape index (κ1) is 7.72. The van der Waals surface area contributed by atoms with Gasteiger partial charge in [-0.25, -0.2) is 0 Å². The smallest absolute Gasteiger partial charge is 0.239 e. The van der Waals surface area contributed by atoms with Crippen molar-refractivity contribution in [3.8, 4) is 0 Å². The van der Waals surface area contributed by atoms with Crippen LogP contribution in [0.3, 0.4) is 0 Å². The molecule has 0 fully saturated rings. The second-order valence-corrected chi connectivity index (χ2v) is 1.97. The summed E-state index contributed by atoms with van der Waals surface area (Å²) in [5, 5.41) is 9.66. The van der Waals surface area contributed by atoms with Gasteiger partial charge >= 0.3 is 0 Å². The van der Waals surface area contributed by atoms with Crippen LogP contribution in [0.4, 0.5) is 0 Å². The second kappa shape index (κ2) is 3.69. The van der Waals surface area contributed by atoms with Crippen LogP contribution in [0, 0.1) is 0 Å². The van der Waals surface area contributed by atoms with E-state index in [-0.39, 0.29) is 12.6 Å². The molecule has 2 N–H and O–H groups in total. The Labute approximate surface area is 52.6 Å². The lowest BCUT2D eigenvalue weighted by atomic mass is 10.4. The lowest BCUT2D eigenvalue weighted by Crippen LogP contribution is -2.30. The minimum absolute atomic E-state index is 0.351. The zero-order valence-corrected chi connectivity index (χ0v) is 5.27. The van der Waals surface area contributed by atoms with Crippen molar-refractivity contribution in [2.45, 2.75) is 12.3 Å². The van der Waals surface area contributed by atoms with Gasteiger partial charge in [0, 0.05) is 0 Å². The van der Waals surface area contributed by atoms with Gasteiger partial charge in [-0.2, -0.15) is 0 Å². The first-order valence-electron chi connectivity index (χ1n) is 2.21. The fourth-order valence-corrected chi connectivity index (χ4v) is 0.296. The highest BCUT2D eigenvalue weighted by atomic mass is 35.5. The molecule has 0 aliphatic rings. The molecule has 0 aromatic heterocycles. The highest BCUT2D eigenvalue weighted by Gasteiger charge is 2.05. The Morgan fingerprint density at radius 3 is 2.62 bits per heavy atom. The predicted molar refractivity (Wildman–Crippen MR) is 30.5 cm³/mol. The monoisotopic (exact) mass is 137 g/mol. The summed E-state index contributed by atoms with van der Waals surface area (Å²) in [6, 6.07) is 0. The van der Waals surface area contributed by atoms with Gasteiger partial charge in [0.1, 0.15) is 12.1 Å². The second-order valence-electron chi connectivity index (χ2n) is 1.32. The van der Waals surface area contributed by atoms with Crippen molar-refractivity contribution in [3.05, 3.63) is 0 Å². The number of aliphatic hydroxyl groups is 1. The van der Waals surface area contributed by atoms with Crippen molar-refractivity contribution in [1.82, 2.24) is 5.32 Å². The fourth-order valence-electron chi connectivity index (χ4n) is 0.219. The van der Waals surface area contributed by atoms with Gasteiger partial charge in [-0.3, -0.25) is 4.79 Å². The largest absolute Gasteiger partial charge is 0.377 e. The van der Waals surface area contributed by atoms with Crippen LogP contribution in [0.15, 0.2) is 0 Å². The molecule has 0 saturated carbocycles. The number of nitrogens with one attached hydrogen (secondary N) is 1. The number of alkyl halides is 1. The average molecular weight is 138 g/mol. The van der Waals surface area contributed by atoms with Crippen LogP contribution >= 0.6 is 11.6 Å². The molecule has 0 spiro atoms. The summed E-state index contributed by atoms with van der Waals surface area (Å²) in [4.78, 5) is 10.3. The Hall–Kier alpha value is -0.280. The Morgan fingerprint density at radius 1 is 2.00 bits per heavy atom. The van der Waals surface area contributed by atoms with Crippen molar-refractivity contribution in [3.63, 3.8) is 0 Å². The molecule has 0 radical (unpaired) electrons. The third-order valence-electron chi connectivity index (χ3n) is 0.615. The summed E-state index contributed by atoms with van der Waals surface area (Å²) in [5.41, 5.74) is 0. The first-order chi connectivity index (χ1) is 3.68. The molecular formula is C4H8ClNO2. The Kier molecular flexibility index (Phi) is 3.56. The summed E-state index contributed by atoms with van der Waals surface area (Å²) in [5.74, 6) is -0.353. The molecule has 48 valence electrons. The van der Waals surface area contributed by atoms with Crippen molar-refractivity contribution < 1.29 is 9.90 Å².